The van der Waals surface area contributed by atoms with E-state index in [2.05, 4.69) is 0 Å². The number of nitrogens with zero attached hydrogens (tertiary/aromatic N) is 1. The Bertz CT molecular complexity index is 753. The van der Waals surface area contributed by atoms with Crippen molar-refractivity contribution in [3.63, 3.8) is 0 Å². The van der Waals surface area contributed by atoms with Gasteiger partial charge in [-0.1, -0.05) is 24.3 Å². The van der Waals surface area contributed by atoms with E-state index in [4.69, 9.17) is 4.74 Å². The van der Waals surface area contributed by atoms with Crippen LogP contribution in [0.2, 0.25) is 0 Å². The Morgan fingerprint density at radius 2 is 2.00 bits per heavy atom. The standard InChI is InChI=1S/C17H14F3NO2S/c18-17(19,20)11-21(9-14-5-3-7-24-14)16(22)13-8-12-4-1-2-6-15(12)23-10-13/h1-8H,9-11H2. The van der Waals surface area contributed by atoms with Gasteiger partial charge in [0.2, 0.25) is 0 Å². The van der Waals surface area contributed by atoms with Gasteiger partial charge in [0.15, 0.2) is 0 Å². The zero-order valence-corrected chi connectivity index (χ0v) is 13.4. The molecule has 0 bridgehead atoms. The zero-order chi connectivity index (χ0) is 17.2. The number of carbonyl (C=O) groups is 1. The average Bonchev–Trinajstić information content (AvgIpc) is 3.05. The van der Waals surface area contributed by atoms with Crippen LogP contribution >= 0.6 is 11.3 Å². The minimum absolute atomic E-state index is 0.0331. The van der Waals surface area contributed by atoms with Gasteiger partial charge in [-0.25, -0.2) is 0 Å². The van der Waals surface area contributed by atoms with Crippen LogP contribution in [0.5, 0.6) is 5.75 Å². The average molecular weight is 353 g/mol. The third-order valence-corrected chi connectivity index (χ3v) is 4.35. The van der Waals surface area contributed by atoms with Gasteiger partial charge in [0, 0.05) is 10.4 Å². The zero-order valence-electron chi connectivity index (χ0n) is 12.5. The van der Waals surface area contributed by atoms with E-state index in [1.165, 1.54) is 11.3 Å². The number of ether oxygens (including phenoxy) is 1. The van der Waals surface area contributed by atoms with Crippen molar-refractivity contribution in [2.24, 2.45) is 0 Å². The van der Waals surface area contributed by atoms with Crippen LogP contribution in [0.15, 0.2) is 47.4 Å². The summed E-state index contributed by atoms with van der Waals surface area (Å²) in [6.45, 7) is -1.40. The van der Waals surface area contributed by atoms with Gasteiger partial charge in [-0.05, 0) is 23.6 Å². The molecule has 1 aliphatic heterocycles. The molecule has 7 heteroatoms. The van der Waals surface area contributed by atoms with Crippen molar-refractivity contribution in [1.29, 1.82) is 0 Å². The van der Waals surface area contributed by atoms with Gasteiger partial charge in [-0.2, -0.15) is 13.2 Å². The number of amides is 1. The molecular weight excluding hydrogens is 339 g/mol. The molecule has 1 aliphatic rings. The second kappa shape index (κ2) is 6.68. The molecule has 0 saturated heterocycles. The van der Waals surface area contributed by atoms with Crippen molar-refractivity contribution in [3.05, 3.63) is 57.8 Å². The van der Waals surface area contributed by atoms with Gasteiger partial charge in [0.25, 0.3) is 5.91 Å². The molecule has 126 valence electrons. The Morgan fingerprint density at radius 3 is 2.71 bits per heavy atom. The van der Waals surface area contributed by atoms with E-state index in [0.717, 1.165) is 4.90 Å². The van der Waals surface area contributed by atoms with Crippen molar-refractivity contribution in [2.75, 3.05) is 13.2 Å². The van der Waals surface area contributed by atoms with E-state index >= 15 is 0 Å². The fraction of sp³-hybridized carbons (Fsp3) is 0.235. The Hall–Kier alpha value is -2.28. The molecule has 2 aromatic rings. The highest BCUT2D eigenvalue weighted by Gasteiger charge is 2.34. The number of halogens is 3. The number of para-hydroxylation sites is 1. The number of fused-ring (bicyclic) bond motifs is 1. The maximum atomic E-state index is 12.9. The van der Waals surface area contributed by atoms with Crippen LogP contribution in [0, 0.1) is 0 Å². The molecule has 0 spiro atoms. The molecule has 0 N–H and O–H groups in total. The second-order valence-electron chi connectivity index (χ2n) is 5.35. The number of hydrogen-bond acceptors (Lipinski definition) is 3. The molecule has 2 heterocycles. The summed E-state index contributed by atoms with van der Waals surface area (Å²) in [6.07, 6.45) is -2.86. The number of benzene rings is 1. The number of rotatable bonds is 4. The third-order valence-electron chi connectivity index (χ3n) is 3.49. The third kappa shape index (κ3) is 3.97. The van der Waals surface area contributed by atoms with Gasteiger partial charge >= 0.3 is 6.18 Å². The molecule has 1 aromatic heterocycles. The molecule has 0 fully saturated rings. The van der Waals surface area contributed by atoms with Gasteiger partial charge in [0.05, 0.1) is 12.1 Å². The van der Waals surface area contributed by atoms with E-state index in [0.29, 0.717) is 16.2 Å². The van der Waals surface area contributed by atoms with Crippen molar-refractivity contribution in [2.45, 2.75) is 12.7 Å². The van der Waals surface area contributed by atoms with Crippen molar-refractivity contribution >= 4 is 23.3 Å². The van der Waals surface area contributed by atoms with E-state index < -0.39 is 18.6 Å². The first-order valence-corrected chi connectivity index (χ1v) is 8.11. The molecule has 0 radical (unpaired) electrons. The molecule has 1 amide bonds. The molecule has 3 rings (SSSR count). The van der Waals surface area contributed by atoms with Gasteiger partial charge in [-0.15, -0.1) is 11.3 Å². The molecule has 0 saturated carbocycles. The van der Waals surface area contributed by atoms with E-state index in [1.807, 2.05) is 0 Å². The van der Waals surface area contributed by atoms with Crippen molar-refractivity contribution in [1.82, 2.24) is 4.90 Å². The van der Waals surface area contributed by atoms with Crippen LogP contribution in [0.4, 0.5) is 13.2 Å². The van der Waals surface area contributed by atoms with E-state index in [1.54, 1.807) is 47.9 Å². The fourth-order valence-corrected chi connectivity index (χ4v) is 3.17. The predicted molar refractivity (Wildman–Crippen MR) is 85.7 cm³/mol. The number of hydrogen-bond donors (Lipinski definition) is 0. The molecule has 3 nitrogen and oxygen atoms in total. The summed E-state index contributed by atoms with van der Waals surface area (Å²) < 4.78 is 44.1. The van der Waals surface area contributed by atoms with Gasteiger partial charge in [0.1, 0.15) is 18.9 Å². The van der Waals surface area contributed by atoms with Crippen LogP contribution in [0.1, 0.15) is 10.4 Å². The Morgan fingerprint density at radius 1 is 1.21 bits per heavy atom. The lowest BCUT2D eigenvalue weighted by atomic mass is 10.1. The normalized spacial score (nSPS) is 13.7. The van der Waals surface area contributed by atoms with Crippen LogP contribution in [-0.2, 0) is 11.3 Å². The van der Waals surface area contributed by atoms with Crippen LogP contribution in [0.25, 0.3) is 6.08 Å². The first-order chi connectivity index (χ1) is 11.4. The smallest absolute Gasteiger partial charge is 0.406 e. The number of thiophene rings is 1. The van der Waals surface area contributed by atoms with Gasteiger partial charge < -0.3 is 9.64 Å². The van der Waals surface area contributed by atoms with Crippen molar-refractivity contribution in [3.8, 4) is 5.75 Å². The van der Waals surface area contributed by atoms with E-state index in [-0.39, 0.29) is 18.7 Å². The lowest BCUT2D eigenvalue weighted by Crippen LogP contribution is -2.40. The number of alkyl halides is 3. The van der Waals surface area contributed by atoms with Crippen LogP contribution in [-0.4, -0.2) is 30.1 Å². The Labute approximate surface area is 141 Å². The summed E-state index contributed by atoms with van der Waals surface area (Å²) in [6, 6.07) is 10.6. The highest BCUT2D eigenvalue weighted by molar-refractivity contribution is 7.09. The number of carbonyl (C=O) groups excluding carboxylic acids is 1. The monoisotopic (exact) mass is 353 g/mol. The highest BCUT2D eigenvalue weighted by Crippen LogP contribution is 2.28. The molecule has 0 aliphatic carbocycles. The minimum Gasteiger partial charge on any atom is -0.488 e. The lowest BCUT2D eigenvalue weighted by molar-refractivity contribution is -0.160. The SMILES string of the molecule is O=C(C1=Cc2ccccc2OC1)N(Cc1cccs1)CC(F)(F)F. The molecule has 24 heavy (non-hydrogen) atoms. The van der Waals surface area contributed by atoms with Crippen LogP contribution in [0.3, 0.4) is 0 Å². The lowest BCUT2D eigenvalue weighted by Gasteiger charge is -2.26. The summed E-state index contributed by atoms with van der Waals surface area (Å²) in [5.74, 6) is -0.0371. The summed E-state index contributed by atoms with van der Waals surface area (Å²) in [4.78, 5) is 14.1. The Kier molecular flexibility index (Phi) is 4.62. The summed E-state index contributed by atoms with van der Waals surface area (Å²) >= 11 is 1.32. The van der Waals surface area contributed by atoms with Gasteiger partial charge in [-0.3, -0.25) is 4.79 Å². The van der Waals surface area contributed by atoms with E-state index in [9.17, 15) is 18.0 Å². The molecular formula is C17H14F3NO2S. The maximum Gasteiger partial charge on any atom is 0.406 e. The topological polar surface area (TPSA) is 29.5 Å². The first-order valence-electron chi connectivity index (χ1n) is 7.23. The molecule has 1 aromatic carbocycles. The summed E-state index contributed by atoms with van der Waals surface area (Å²) in [7, 11) is 0. The minimum atomic E-state index is -4.46. The highest BCUT2D eigenvalue weighted by atomic mass is 32.1. The molecule has 0 atom stereocenters. The fourth-order valence-electron chi connectivity index (χ4n) is 2.45. The van der Waals surface area contributed by atoms with Crippen LogP contribution < -0.4 is 4.74 Å². The Balaban J connectivity index is 1.84. The largest absolute Gasteiger partial charge is 0.488 e. The summed E-state index contributed by atoms with van der Waals surface area (Å²) in [5, 5.41) is 1.77. The summed E-state index contributed by atoms with van der Waals surface area (Å²) in [5.41, 5.74) is 0.907. The second-order valence-corrected chi connectivity index (χ2v) is 6.38. The predicted octanol–water partition coefficient (Wildman–Crippen LogP) is 4.12. The molecule has 0 unspecified atom stereocenters. The first kappa shape index (κ1) is 16.6. The van der Waals surface area contributed by atoms with Crippen molar-refractivity contribution < 1.29 is 22.7 Å². The quantitative estimate of drug-likeness (QED) is 0.828. The maximum absolute atomic E-state index is 12.9.